The number of anilines is 1. The lowest BCUT2D eigenvalue weighted by Crippen LogP contribution is -2.47. The van der Waals surface area contributed by atoms with Crippen molar-refractivity contribution in [2.24, 2.45) is 5.41 Å². The molecule has 0 unspecified atom stereocenters. The quantitative estimate of drug-likeness (QED) is 0.543. The second-order valence-corrected chi connectivity index (χ2v) is 13.0. The number of aryl methyl sites for hydroxylation is 1. The van der Waals surface area contributed by atoms with Crippen molar-refractivity contribution < 1.29 is 13.2 Å². The lowest BCUT2D eigenvalue weighted by Gasteiger charge is -2.39. The molecular formula is C27H36ClN3O3S. The molecule has 2 aliphatic heterocycles. The van der Waals surface area contributed by atoms with E-state index in [-0.39, 0.29) is 16.2 Å². The maximum atomic E-state index is 13.5. The summed E-state index contributed by atoms with van der Waals surface area (Å²) in [5, 5.41) is 0.419. The predicted octanol–water partition coefficient (Wildman–Crippen LogP) is 4.96. The molecule has 2 aliphatic rings. The van der Waals surface area contributed by atoms with Gasteiger partial charge in [-0.15, -0.1) is 0 Å². The fraction of sp³-hybridized carbons (Fsp3) is 0.519. The minimum atomic E-state index is -3.65. The van der Waals surface area contributed by atoms with Crippen LogP contribution in [0.25, 0.3) is 0 Å². The molecule has 8 heteroatoms. The molecule has 35 heavy (non-hydrogen) atoms. The van der Waals surface area contributed by atoms with Gasteiger partial charge < -0.3 is 4.90 Å². The maximum absolute atomic E-state index is 13.5. The number of piperidine rings is 1. The molecule has 0 aromatic heterocycles. The minimum absolute atomic E-state index is 0.0737. The normalized spacial score (nSPS) is 20.3. The van der Waals surface area contributed by atoms with Gasteiger partial charge in [0, 0.05) is 29.3 Å². The highest BCUT2D eigenvalue weighted by atomic mass is 35.5. The van der Waals surface area contributed by atoms with Crippen molar-refractivity contribution in [3.63, 3.8) is 0 Å². The van der Waals surface area contributed by atoms with Gasteiger partial charge in [-0.05, 0) is 101 Å². The van der Waals surface area contributed by atoms with Gasteiger partial charge in [0.15, 0.2) is 0 Å². The van der Waals surface area contributed by atoms with Gasteiger partial charge >= 0.3 is 0 Å². The molecule has 2 aromatic carbocycles. The number of carbonyl (C=O) groups is 1. The lowest BCUT2D eigenvalue weighted by molar-refractivity contribution is -0.120. The Morgan fingerprint density at radius 1 is 1.09 bits per heavy atom. The molecule has 4 rings (SSSR count). The fourth-order valence-electron chi connectivity index (χ4n) is 5.84. The van der Waals surface area contributed by atoms with Crippen molar-refractivity contribution in [1.29, 1.82) is 0 Å². The summed E-state index contributed by atoms with van der Waals surface area (Å²) in [7, 11) is -3.65. The Balaban J connectivity index is 1.42. The van der Waals surface area contributed by atoms with Crippen LogP contribution in [0.4, 0.5) is 5.69 Å². The summed E-state index contributed by atoms with van der Waals surface area (Å²) in [5.41, 5.74) is 1.51. The Bertz CT molecular complexity index is 1190. The van der Waals surface area contributed by atoms with Crippen LogP contribution in [-0.2, 0) is 14.8 Å². The first kappa shape index (κ1) is 26.1. The monoisotopic (exact) mass is 517 g/mol. The summed E-state index contributed by atoms with van der Waals surface area (Å²) in [6.07, 6.45) is 2.57. The predicted molar refractivity (Wildman–Crippen MR) is 141 cm³/mol. The molecule has 0 saturated carbocycles. The zero-order valence-corrected chi connectivity index (χ0v) is 22.7. The average molecular weight is 518 g/mol. The first-order valence-electron chi connectivity index (χ1n) is 12.3. The van der Waals surface area contributed by atoms with Gasteiger partial charge in [-0.2, -0.15) is 4.31 Å². The summed E-state index contributed by atoms with van der Waals surface area (Å²) < 4.78 is 28.7. The van der Waals surface area contributed by atoms with Crippen molar-refractivity contribution >= 4 is 33.2 Å². The molecule has 2 fully saturated rings. The van der Waals surface area contributed by atoms with Crippen LogP contribution in [-0.4, -0.2) is 61.8 Å². The van der Waals surface area contributed by atoms with Crippen molar-refractivity contribution in [2.75, 3.05) is 37.6 Å². The second-order valence-electron chi connectivity index (χ2n) is 10.7. The summed E-state index contributed by atoms with van der Waals surface area (Å²) in [4.78, 5) is 17.4. The van der Waals surface area contributed by atoms with Crippen LogP contribution in [0, 0.1) is 12.3 Å². The zero-order chi connectivity index (χ0) is 25.4. The number of hydrogen-bond donors (Lipinski definition) is 0. The molecule has 1 spiro atoms. The average Bonchev–Trinajstić information content (AvgIpc) is 3.07. The lowest BCUT2D eigenvalue weighted by atomic mass is 9.74. The van der Waals surface area contributed by atoms with E-state index in [0.717, 1.165) is 43.6 Å². The Morgan fingerprint density at radius 3 is 2.40 bits per heavy atom. The van der Waals surface area contributed by atoms with Gasteiger partial charge in [0.25, 0.3) is 0 Å². The Hall–Kier alpha value is -1.93. The van der Waals surface area contributed by atoms with E-state index in [0.29, 0.717) is 24.7 Å². The van der Waals surface area contributed by atoms with Crippen molar-refractivity contribution in [3.8, 4) is 0 Å². The SMILES string of the molecule is CCN(C(=O)CN1CCC2(CC1)CN(S(=O)(=O)c1cccc(Cl)c1)C(C)(C)C2)c1cccc(C)c1. The van der Waals surface area contributed by atoms with E-state index in [9.17, 15) is 13.2 Å². The van der Waals surface area contributed by atoms with E-state index in [1.807, 2.05) is 56.9 Å². The van der Waals surface area contributed by atoms with Crippen molar-refractivity contribution in [2.45, 2.75) is 57.4 Å². The summed E-state index contributed by atoms with van der Waals surface area (Å²) >= 11 is 6.09. The number of likely N-dealkylation sites (N-methyl/N-ethyl adjacent to an activating group) is 1. The number of nitrogens with zero attached hydrogens (tertiary/aromatic N) is 3. The molecule has 2 heterocycles. The molecule has 2 aromatic rings. The molecule has 0 aliphatic carbocycles. The Labute approximate surface area is 214 Å². The maximum Gasteiger partial charge on any atom is 0.243 e. The van der Waals surface area contributed by atoms with Crippen molar-refractivity contribution in [1.82, 2.24) is 9.21 Å². The third kappa shape index (κ3) is 5.43. The van der Waals surface area contributed by atoms with E-state index in [4.69, 9.17) is 11.6 Å². The molecule has 6 nitrogen and oxygen atoms in total. The van der Waals surface area contributed by atoms with E-state index in [1.54, 1.807) is 22.5 Å². The van der Waals surface area contributed by atoms with Crippen LogP contribution in [0.1, 0.15) is 45.6 Å². The molecule has 0 atom stereocenters. The van der Waals surface area contributed by atoms with Gasteiger partial charge in [0.2, 0.25) is 15.9 Å². The van der Waals surface area contributed by atoms with E-state index in [1.165, 1.54) is 6.07 Å². The number of hydrogen-bond acceptors (Lipinski definition) is 4. The smallest absolute Gasteiger partial charge is 0.243 e. The molecule has 0 radical (unpaired) electrons. The first-order chi connectivity index (χ1) is 16.5. The van der Waals surface area contributed by atoms with Gasteiger partial charge in [-0.3, -0.25) is 9.69 Å². The molecule has 0 bridgehead atoms. The van der Waals surface area contributed by atoms with Crippen molar-refractivity contribution in [3.05, 3.63) is 59.1 Å². The van der Waals surface area contributed by atoms with E-state index in [2.05, 4.69) is 4.90 Å². The van der Waals surface area contributed by atoms with Crippen LogP contribution < -0.4 is 4.90 Å². The molecular weight excluding hydrogens is 482 g/mol. The summed E-state index contributed by atoms with van der Waals surface area (Å²) in [5.74, 6) is 0.103. The van der Waals surface area contributed by atoms with Gasteiger partial charge in [-0.1, -0.05) is 29.8 Å². The summed E-state index contributed by atoms with van der Waals surface area (Å²) in [6, 6.07) is 14.6. The number of halogens is 1. The Kier molecular flexibility index (Phi) is 7.36. The fourth-order valence-corrected chi connectivity index (χ4v) is 8.04. The second kappa shape index (κ2) is 9.85. The molecule has 0 N–H and O–H groups in total. The topological polar surface area (TPSA) is 60.9 Å². The summed E-state index contributed by atoms with van der Waals surface area (Å²) in [6.45, 7) is 11.2. The van der Waals surface area contributed by atoms with Gasteiger partial charge in [0.1, 0.15) is 0 Å². The number of benzene rings is 2. The Morgan fingerprint density at radius 2 is 1.77 bits per heavy atom. The van der Waals surface area contributed by atoms with Crippen LogP contribution in [0.15, 0.2) is 53.4 Å². The minimum Gasteiger partial charge on any atom is -0.312 e. The van der Waals surface area contributed by atoms with E-state index < -0.39 is 15.6 Å². The van der Waals surface area contributed by atoms with Crippen LogP contribution in [0.2, 0.25) is 5.02 Å². The number of rotatable bonds is 6. The van der Waals surface area contributed by atoms with Gasteiger partial charge in [0.05, 0.1) is 11.4 Å². The zero-order valence-electron chi connectivity index (χ0n) is 21.1. The van der Waals surface area contributed by atoms with Gasteiger partial charge in [-0.25, -0.2) is 8.42 Å². The third-order valence-electron chi connectivity index (χ3n) is 7.55. The van der Waals surface area contributed by atoms with E-state index >= 15 is 0 Å². The number of carbonyl (C=O) groups excluding carboxylic acids is 1. The van der Waals surface area contributed by atoms with Crippen LogP contribution in [0.3, 0.4) is 0 Å². The number of likely N-dealkylation sites (tertiary alicyclic amines) is 1. The largest absolute Gasteiger partial charge is 0.312 e. The number of amides is 1. The highest BCUT2D eigenvalue weighted by molar-refractivity contribution is 7.89. The standard InChI is InChI=1S/C27H36ClN3O3S/c1-5-30(23-10-6-8-21(2)16-23)25(32)18-29-14-12-27(13-15-29)19-26(3,4)31(20-27)35(33,34)24-11-7-9-22(28)17-24/h6-11,16-17H,5,12-15,18-20H2,1-4H3. The molecule has 190 valence electrons. The third-order valence-corrected chi connectivity index (χ3v) is 9.84. The first-order valence-corrected chi connectivity index (χ1v) is 14.2. The highest BCUT2D eigenvalue weighted by Crippen LogP contribution is 2.49. The molecule has 2 saturated heterocycles. The van der Waals surface area contributed by atoms with Crippen LogP contribution >= 0.6 is 11.6 Å². The highest BCUT2D eigenvalue weighted by Gasteiger charge is 2.53. The molecule has 1 amide bonds. The number of sulfonamides is 1. The van der Waals surface area contributed by atoms with Crippen LogP contribution in [0.5, 0.6) is 0 Å².